The molecule has 0 aliphatic rings. The van der Waals surface area contributed by atoms with Crippen LogP contribution in [0.1, 0.15) is 67.0 Å². The lowest BCUT2D eigenvalue weighted by Crippen LogP contribution is -1.85. The van der Waals surface area contributed by atoms with Gasteiger partial charge in [0, 0.05) is 0 Å². The molecule has 0 nitrogen and oxygen atoms in total. The standard InChI is InChI=1S/C15H12.C14H14.C13H12.C9H12.C3H8/c1-11-6-7-13-9-8-12-4-2-3-5-14(12)15(13)10-11;1-11-3-7-13(8-4-11)14-9-5-12(2)6-10-14;1-3-7-12(8-4-1)11-13-9-5-2-6-10-13;1-2-6-9-7-4-3-5-8-9;1-3-2/h2-10H,1H3;3-10H,1-2H3;1-10H,11H2;3-5,7-8H,2,6H2,1H3;3H2,1-2H3. The zero-order valence-corrected chi connectivity index (χ0v) is 33.3. The van der Waals surface area contributed by atoms with Crippen LogP contribution in [0.2, 0.25) is 0 Å². The summed E-state index contributed by atoms with van der Waals surface area (Å²) in [5.74, 6) is 0. The highest BCUT2D eigenvalue weighted by Crippen LogP contribution is 2.26. The summed E-state index contributed by atoms with van der Waals surface area (Å²) in [6.45, 7) is 12.8. The van der Waals surface area contributed by atoms with E-state index in [1.165, 1.54) is 85.3 Å². The van der Waals surface area contributed by atoms with Gasteiger partial charge in [-0.2, -0.15) is 0 Å². The topological polar surface area (TPSA) is 0 Å². The van der Waals surface area contributed by atoms with Crippen LogP contribution in [-0.2, 0) is 12.8 Å². The maximum Gasteiger partial charge on any atom is -0.00258 e. The highest BCUT2D eigenvalue weighted by atomic mass is 14.0. The molecule has 0 N–H and O–H groups in total. The Labute approximate surface area is 326 Å². The van der Waals surface area contributed by atoms with Gasteiger partial charge in [-0.1, -0.05) is 244 Å². The predicted octanol–water partition coefficient (Wildman–Crippen LogP) is 15.6. The van der Waals surface area contributed by atoms with Gasteiger partial charge in [-0.15, -0.1) is 0 Å². The number of hydrogen-bond donors (Lipinski definition) is 0. The smallest absolute Gasteiger partial charge is 0.00258 e. The molecular formula is C54H58. The van der Waals surface area contributed by atoms with Gasteiger partial charge in [-0.05, 0) is 83.0 Å². The molecule has 0 heteroatoms. The van der Waals surface area contributed by atoms with Gasteiger partial charge >= 0.3 is 0 Å². The molecule has 8 rings (SSSR count). The SMILES string of the molecule is CCC.CCCc1ccccc1.Cc1ccc(-c2ccc(C)cc2)cc1.Cc1ccc2ccc3ccccc3c2c1.c1ccc(Cc2ccccc2)cc1. The molecule has 0 saturated carbocycles. The Kier molecular flexibility index (Phi) is 17.5. The Bertz CT molecular complexity index is 2100. The molecule has 0 aromatic heterocycles. The Morgan fingerprint density at radius 1 is 0.333 bits per heavy atom. The van der Waals surface area contributed by atoms with Gasteiger partial charge in [0.05, 0.1) is 0 Å². The van der Waals surface area contributed by atoms with Crippen molar-refractivity contribution in [3.05, 3.63) is 228 Å². The van der Waals surface area contributed by atoms with Crippen LogP contribution in [0.25, 0.3) is 32.7 Å². The molecule has 0 radical (unpaired) electrons. The van der Waals surface area contributed by atoms with Crippen molar-refractivity contribution in [1.82, 2.24) is 0 Å². The van der Waals surface area contributed by atoms with Crippen LogP contribution in [0.4, 0.5) is 0 Å². The van der Waals surface area contributed by atoms with Gasteiger partial charge < -0.3 is 0 Å². The van der Waals surface area contributed by atoms with Gasteiger partial charge in [0.1, 0.15) is 0 Å². The number of aryl methyl sites for hydroxylation is 4. The van der Waals surface area contributed by atoms with Crippen molar-refractivity contribution in [3.63, 3.8) is 0 Å². The molecule has 54 heavy (non-hydrogen) atoms. The van der Waals surface area contributed by atoms with E-state index in [9.17, 15) is 0 Å². The lowest BCUT2D eigenvalue weighted by molar-refractivity contribution is 0.922. The third-order valence-corrected chi connectivity index (χ3v) is 8.81. The van der Waals surface area contributed by atoms with E-state index in [0.717, 1.165) is 6.42 Å². The monoisotopic (exact) mass is 706 g/mol. The first-order valence-electron chi connectivity index (χ1n) is 19.5. The molecule has 0 fully saturated rings. The molecule has 0 aliphatic heterocycles. The minimum Gasteiger partial charge on any atom is -0.0656 e. The van der Waals surface area contributed by atoms with Crippen LogP contribution in [0.3, 0.4) is 0 Å². The number of rotatable bonds is 5. The van der Waals surface area contributed by atoms with Gasteiger partial charge in [0.2, 0.25) is 0 Å². The van der Waals surface area contributed by atoms with Crippen molar-refractivity contribution in [2.75, 3.05) is 0 Å². The molecule has 8 aromatic carbocycles. The van der Waals surface area contributed by atoms with Crippen molar-refractivity contribution >= 4 is 21.5 Å². The summed E-state index contributed by atoms with van der Waals surface area (Å²) in [6.07, 6.45) is 4.73. The average molecular weight is 707 g/mol. The summed E-state index contributed by atoms with van der Waals surface area (Å²) < 4.78 is 0. The maximum absolute atomic E-state index is 2.26. The number of hydrogen-bond acceptors (Lipinski definition) is 0. The fourth-order valence-corrected chi connectivity index (χ4v) is 5.97. The van der Waals surface area contributed by atoms with Crippen LogP contribution in [0, 0.1) is 20.8 Å². The first kappa shape index (κ1) is 41.0. The van der Waals surface area contributed by atoms with Crippen LogP contribution in [0.15, 0.2) is 194 Å². The second-order valence-electron chi connectivity index (χ2n) is 13.8. The van der Waals surface area contributed by atoms with Gasteiger partial charge in [-0.3, -0.25) is 0 Å². The van der Waals surface area contributed by atoms with E-state index < -0.39 is 0 Å². The fourth-order valence-electron chi connectivity index (χ4n) is 5.97. The molecule has 0 aliphatic carbocycles. The van der Waals surface area contributed by atoms with E-state index >= 15 is 0 Å². The zero-order valence-electron chi connectivity index (χ0n) is 33.3. The first-order valence-corrected chi connectivity index (χ1v) is 19.5. The largest absolute Gasteiger partial charge is 0.0656 e. The molecule has 274 valence electrons. The van der Waals surface area contributed by atoms with Crippen molar-refractivity contribution in [3.8, 4) is 11.1 Å². The molecule has 0 atom stereocenters. The molecular weight excluding hydrogens is 649 g/mol. The van der Waals surface area contributed by atoms with Crippen molar-refractivity contribution < 1.29 is 0 Å². The summed E-state index contributed by atoms with van der Waals surface area (Å²) in [4.78, 5) is 0. The third-order valence-electron chi connectivity index (χ3n) is 8.81. The average Bonchev–Trinajstić information content (AvgIpc) is 3.21. The molecule has 0 bridgehead atoms. The zero-order chi connectivity index (χ0) is 38.4. The van der Waals surface area contributed by atoms with Gasteiger partial charge in [0.15, 0.2) is 0 Å². The van der Waals surface area contributed by atoms with Crippen LogP contribution in [0.5, 0.6) is 0 Å². The minimum atomic E-state index is 1.03. The Hall–Kier alpha value is -5.72. The second-order valence-corrected chi connectivity index (χ2v) is 13.8. The lowest BCUT2D eigenvalue weighted by atomic mass is 10.0. The minimum absolute atomic E-state index is 1.03. The maximum atomic E-state index is 2.26. The fraction of sp³-hybridized carbons (Fsp3) is 0.185. The quantitative estimate of drug-likeness (QED) is 0.156. The highest BCUT2D eigenvalue weighted by molar-refractivity contribution is 6.07. The molecule has 0 heterocycles. The van der Waals surface area contributed by atoms with Crippen molar-refractivity contribution in [2.24, 2.45) is 0 Å². The third kappa shape index (κ3) is 14.0. The molecule has 0 amide bonds. The second kappa shape index (κ2) is 23.1. The summed E-state index contributed by atoms with van der Waals surface area (Å²) >= 11 is 0. The van der Waals surface area contributed by atoms with E-state index in [2.05, 4.69) is 236 Å². The molecule has 0 saturated heterocycles. The number of benzene rings is 8. The molecule has 0 unspecified atom stereocenters. The normalized spacial score (nSPS) is 9.96. The molecule has 0 spiro atoms. The van der Waals surface area contributed by atoms with E-state index in [-0.39, 0.29) is 0 Å². The highest BCUT2D eigenvalue weighted by Gasteiger charge is 1.99. The Morgan fingerprint density at radius 2 is 0.704 bits per heavy atom. The lowest BCUT2D eigenvalue weighted by Gasteiger charge is -2.04. The Morgan fingerprint density at radius 3 is 1.17 bits per heavy atom. The summed E-state index contributed by atoms with van der Waals surface area (Å²) in [6, 6.07) is 68.4. The van der Waals surface area contributed by atoms with Crippen LogP contribution < -0.4 is 0 Å². The van der Waals surface area contributed by atoms with Crippen LogP contribution in [-0.4, -0.2) is 0 Å². The van der Waals surface area contributed by atoms with E-state index in [0.29, 0.717) is 0 Å². The summed E-state index contributed by atoms with van der Waals surface area (Å²) in [5, 5.41) is 5.33. The van der Waals surface area contributed by atoms with E-state index in [1.807, 2.05) is 0 Å². The van der Waals surface area contributed by atoms with E-state index in [1.54, 1.807) is 0 Å². The summed E-state index contributed by atoms with van der Waals surface area (Å²) in [5.41, 5.74) is 10.7. The molecule has 8 aromatic rings. The van der Waals surface area contributed by atoms with Gasteiger partial charge in [0.25, 0.3) is 0 Å². The first-order chi connectivity index (χ1) is 26.4. The van der Waals surface area contributed by atoms with Crippen LogP contribution >= 0.6 is 0 Å². The Balaban J connectivity index is 0.000000159. The van der Waals surface area contributed by atoms with Crippen molar-refractivity contribution in [2.45, 2.75) is 67.2 Å². The summed E-state index contributed by atoms with van der Waals surface area (Å²) in [7, 11) is 0. The van der Waals surface area contributed by atoms with Crippen molar-refractivity contribution in [1.29, 1.82) is 0 Å². The number of fused-ring (bicyclic) bond motifs is 3. The van der Waals surface area contributed by atoms with Gasteiger partial charge in [-0.25, -0.2) is 0 Å². The predicted molar refractivity (Wildman–Crippen MR) is 240 cm³/mol. The van der Waals surface area contributed by atoms with E-state index in [4.69, 9.17) is 0 Å².